The molecule has 1 saturated heterocycles. The van der Waals surface area contributed by atoms with Crippen LogP contribution in [0.15, 0.2) is 0 Å². The SMILES string of the molecule is CC(C)(C)OC(=O)NC1CCSCC1CN. The van der Waals surface area contributed by atoms with Crippen LogP contribution in [0.4, 0.5) is 4.79 Å². The van der Waals surface area contributed by atoms with Crippen LogP contribution in [0, 0.1) is 5.92 Å². The molecule has 1 rings (SSSR count). The van der Waals surface area contributed by atoms with Crippen molar-refractivity contribution in [3.63, 3.8) is 0 Å². The number of carbonyl (C=O) groups excluding carboxylic acids is 1. The Morgan fingerprint density at radius 2 is 2.25 bits per heavy atom. The van der Waals surface area contributed by atoms with Gasteiger partial charge in [-0.1, -0.05) is 0 Å². The van der Waals surface area contributed by atoms with Crippen molar-refractivity contribution in [3.05, 3.63) is 0 Å². The highest BCUT2D eigenvalue weighted by atomic mass is 32.2. The molecular formula is C11H22N2O2S. The third kappa shape index (κ3) is 4.61. The monoisotopic (exact) mass is 246 g/mol. The van der Waals surface area contributed by atoms with Crippen LogP contribution in [-0.2, 0) is 4.74 Å². The van der Waals surface area contributed by atoms with Gasteiger partial charge in [-0.2, -0.15) is 11.8 Å². The summed E-state index contributed by atoms with van der Waals surface area (Å²) < 4.78 is 5.24. The molecule has 1 heterocycles. The molecule has 94 valence electrons. The number of carbonyl (C=O) groups is 1. The highest BCUT2D eigenvalue weighted by Gasteiger charge is 2.27. The molecule has 0 saturated carbocycles. The molecule has 0 radical (unpaired) electrons. The van der Waals surface area contributed by atoms with Gasteiger partial charge in [-0.05, 0) is 45.2 Å². The van der Waals surface area contributed by atoms with E-state index < -0.39 is 5.60 Å². The van der Waals surface area contributed by atoms with E-state index in [2.05, 4.69) is 5.32 Å². The molecule has 0 aliphatic carbocycles. The summed E-state index contributed by atoms with van der Waals surface area (Å²) in [4.78, 5) is 11.6. The molecular weight excluding hydrogens is 224 g/mol. The number of amides is 1. The smallest absolute Gasteiger partial charge is 0.407 e. The Bertz CT molecular complexity index is 241. The molecule has 4 nitrogen and oxygen atoms in total. The van der Waals surface area contributed by atoms with Gasteiger partial charge in [0.05, 0.1) is 0 Å². The first kappa shape index (κ1) is 13.6. The number of ether oxygens (including phenoxy) is 1. The summed E-state index contributed by atoms with van der Waals surface area (Å²) in [6, 6.07) is 0.168. The lowest BCUT2D eigenvalue weighted by Crippen LogP contribution is -2.47. The van der Waals surface area contributed by atoms with E-state index in [1.807, 2.05) is 32.5 Å². The van der Waals surface area contributed by atoms with Gasteiger partial charge in [0, 0.05) is 12.0 Å². The van der Waals surface area contributed by atoms with Gasteiger partial charge in [-0.25, -0.2) is 4.79 Å². The van der Waals surface area contributed by atoms with Gasteiger partial charge in [-0.15, -0.1) is 0 Å². The molecule has 3 N–H and O–H groups in total. The average molecular weight is 246 g/mol. The van der Waals surface area contributed by atoms with Gasteiger partial charge in [0.15, 0.2) is 0 Å². The van der Waals surface area contributed by atoms with E-state index in [0.717, 1.165) is 17.9 Å². The summed E-state index contributed by atoms with van der Waals surface area (Å²) in [5.74, 6) is 2.47. The lowest BCUT2D eigenvalue weighted by molar-refractivity contribution is 0.0487. The standard InChI is InChI=1S/C11H22N2O2S/c1-11(2,3)15-10(14)13-9-4-5-16-7-8(9)6-12/h8-9H,4-7,12H2,1-3H3,(H,13,14). The second-order valence-electron chi connectivity index (χ2n) is 5.11. The Morgan fingerprint density at radius 3 is 2.81 bits per heavy atom. The van der Waals surface area contributed by atoms with E-state index in [1.165, 1.54) is 0 Å². The zero-order chi connectivity index (χ0) is 12.2. The maximum Gasteiger partial charge on any atom is 0.407 e. The molecule has 2 atom stereocenters. The maximum absolute atomic E-state index is 11.6. The lowest BCUT2D eigenvalue weighted by Gasteiger charge is -2.31. The van der Waals surface area contributed by atoms with Gasteiger partial charge in [0.2, 0.25) is 0 Å². The topological polar surface area (TPSA) is 64.3 Å². The summed E-state index contributed by atoms with van der Waals surface area (Å²) in [7, 11) is 0. The molecule has 5 heteroatoms. The quantitative estimate of drug-likeness (QED) is 0.776. The molecule has 1 aliphatic heterocycles. The number of nitrogens with one attached hydrogen (secondary N) is 1. The fourth-order valence-corrected chi connectivity index (χ4v) is 2.94. The third-order valence-corrected chi connectivity index (χ3v) is 3.67. The van der Waals surface area contributed by atoms with Gasteiger partial charge >= 0.3 is 6.09 Å². The molecule has 0 aromatic carbocycles. The number of nitrogens with two attached hydrogens (primary N) is 1. The van der Waals surface area contributed by atoms with Crippen molar-refractivity contribution in [1.29, 1.82) is 0 Å². The van der Waals surface area contributed by atoms with Crippen LogP contribution in [0.3, 0.4) is 0 Å². The highest BCUT2D eigenvalue weighted by molar-refractivity contribution is 7.99. The van der Waals surface area contributed by atoms with E-state index in [9.17, 15) is 4.79 Å². The second-order valence-corrected chi connectivity index (χ2v) is 6.26. The van der Waals surface area contributed by atoms with Crippen LogP contribution in [0.1, 0.15) is 27.2 Å². The van der Waals surface area contributed by atoms with Crippen molar-refractivity contribution in [2.75, 3.05) is 18.1 Å². The number of hydrogen-bond acceptors (Lipinski definition) is 4. The molecule has 0 aromatic heterocycles. The van der Waals surface area contributed by atoms with Crippen LogP contribution in [0.5, 0.6) is 0 Å². The van der Waals surface area contributed by atoms with Crippen LogP contribution in [-0.4, -0.2) is 35.8 Å². The molecule has 1 amide bonds. The van der Waals surface area contributed by atoms with E-state index >= 15 is 0 Å². The predicted molar refractivity (Wildman–Crippen MR) is 67.6 cm³/mol. The van der Waals surface area contributed by atoms with Crippen molar-refractivity contribution in [1.82, 2.24) is 5.32 Å². The zero-order valence-corrected chi connectivity index (χ0v) is 11.1. The predicted octanol–water partition coefficient (Wildman–Crippen LogP) is 1.59. The van der Waals surface area contributed by atoms with Crippen molar-refractivity contribution in [2.24, 2.45) is 11.7 Å². The lowest BCUT2D eigenvalue weighted by atomic mass is 9.99. The van der Waals surface area contributed by atoms with Crippen LogP contribution in [0.25, 0.3) is 0 Å². The fraction of sp³-hybridized carbons (Fsp3) is 0.909. The average Bonchev–Trinajstić information content (AvgIpc) is 2.15. The second kappa shape index (κ2) is 5.77. The minimum Gasteiger partial charge on any atom is -0.444 e. The van der Waals surface area contributed by atoms with Crippen LogP contribution >= 0.6 is 11.8 Å². The largest absolute Gasteiger partial charge is 0.444 e. The van der Waals surface area contributed by atoms with Crippen LogP contribution < -0.4 is 11.1 Å². The Balaban J connectivity index is 2.42. The zero-order valence-electron chi connectivity index (χ0n) is 10.3. The number of rotatable bonds is 2. The van der Waals surface area contributed by atoms with Gasteiger partial charge < -0.3 is 15.8 Å². The van der Waals surface area contributed by atoms with E-state index in [1.54, 1.807) is 0 Å². The first-order valence-corrected chi connectivity index (χ1v) is 6.85. The summed E-state index contributed by atoms with van der Waals surface area (Å²) in [6.07, 6.45) is 0.647. The summed E-state index contributed by atoms with van der Waals surface area (Å²) in [6.45, 7) is 6.21. The molecule has 0 aromatic rings. The molecule has 0 spiro atoms. The van der Waals surface area contributed by atoms with E-state index in [0.29, 0.717) is 12.5 Å². The Kier molecular flexibility index (Phi) is 4.92. The molecule has 16 heavy (non-hydrogen) atoms. The normalized spacial score (nSPS) is 26.2. The Morgan fingerprint density at radius 1 is 1.56 bits per heavy atom. The van der Waals surface area contributed by atoms with Gasteiger partial charge in [-0.3, -0.25) is 0 Å². The van der Waals surface area contributed by atoms with E-state index in [4.69, 9.17) is 10.5 Å². The molecule has 2 unspecified atom stereocenters. The Hall–Kier alpha value is -0.420. The van der Waals surface area contributed by atoms with Crippen molar-refractivity contribution in [3.8, 4) is 0 Å². The summed E-state index contributed by atoms with van der Waals surface area (Å²) >= 11 is 1.90. The minimum absolute atomic E-state index is 0.168. The molecule has 1 fully saturated rings. The third-order valence-electron chi connectivity index (χ3n) is 2.48. The highest BCUT2D eigenvalue weighted by Crippen LogP contribution is 2.22. The first-order valence-electron chi connectivity index (χ1n) is 5.69. The first-order chi connectivity index (χ1) is 7.42. The van der Waals surface area contributed by atoms with Crippen molar-refractivity contribution < 1.29 is 9.53 Å². The van der Waals surface area contributed by atoms with Crippen LogP contribution in [0.2, 0.25) is 0 Å². The molecule has 1 aliphatic rings. The minimum atomic E-state index is -0.439. The van der Waals surface area contributed by atoms with Crippen molar-refractivity contribution >= 4 is 17.9 Å². The van der Waals surface area contributed by atoms with Crippen molar-refractivity contribution in [2.45, 2.75) is 38.8 Å². The molecule has 0 bridgehead atoms. The fourth-order valence-electron chi connectivity index (χ4n) is 1.68. The summed E-state index contributed by atoms with van der Waals surface area (Å²) in [5, 5.41) is 2.92. The Labute approximate surface area is 102 Å². The van der Waals surface area contributed by atoms with E-state index in [-0.39, 0.29) is 12.1 Å². The number of thioether (sulfide) groups is 1. The van der Waals surface area contributed by atoms with Gasteiger partial charge in [0.25, 0.3) is 0 Å². The number of alkyl carbamates (subject to hydrolysis) is 1. The van der Waals surface area contributed by atoms with Gasteiger partial charge in [0.1, 0.15) is 5.60 Å². The number of hydrogen-bond donors (Lipinski definition) is 2. The summed E-state index contributed by atoms with van der Waals surface area (Å²) in [5.41, 5.74) is 5.25. The maximum atomic E-state index is 11.6.